The predicted molar refractivity (Wildman–Crippen MR) is 134 cm³/mol. The van der Waals surface area contributed by atoms with Gasteiger partial charge in [-0.15, -0.1) is 0 Å². The first kappa shape index (κ1) is 23.6. The van der Waals surface area contributed by atoms with Crippen LogP contribution in [0.1, 0.15) is 89.2 Å². The Morgan fingerprint density at radius 3 is 1.90 bits per heavy atom. The summed E-state index contributed by atoms with van der Waals surface area (Å²) in [4.78, 5) is 2.61. The van der Waals surface area contributed by atoms with Crippen LogP contribution < -0.4 is 0 Å². The van der Waals surface area contributed by atoms with Crippen molar-refractivity contribution < 1.29 is 4.58 Å². The van der Waals surface area contributed by atoms with Crippen LogP contribution >= 0.6 is 0 Å². The largest absolute Gasteiger partial charge is 0.280 e. The van der Waals surface area contributed by atoms with Gasteiger partial charge in [-0.2, -0.15) is 0 Å². The molecule has 2 aromatic carbocycles. The first-order valence-corrected chi connectivity index (χ1v) is 12.8. The lowest BCUT2D eigenvalue weighted by molar-refractivity contribution is -0.521. The molecule has 0 aliphatic carbocycles. The minimum atomic E-state index is 0.540. The zero-order valence-corrected chi connectivity index (χ0v) is 19.9. The SMILES string of the molecule is CCCCCCCCCCCC[N+]1=C(c2ccccc2)N(Cc2ccccc2)C(C)C1. The molecule has 0 bridgehead atoms. The number of amidine groups is 1. The zero-order chi connectivity index (χ0) is 21.7. The van der Waals surface area contributed by atoms with Crippen LogP contribution in [-0.4, -0.2) is 34.4 Å². The van der Waals surface area contributed by atoms with Gasteiger partial charge in [0.25, 0.3) is 5.84 Å². The first-order chi connectivity index (χ1) is 15.3. The highest BCUT2D eigenvalue weighted by Gasteiger charge is 2.37. The van der Waals surface area contributed by atoms with Crippen molar-refractivity contribution in [2.45, 2.75) is 90.6 Å². The van der Waals surface area contributed by atoms with Crippen molar-refractivity contribution in [3.05, 3.63) is 71.8 Å². The van der Waals surface area contributed by atoms with Crippen LogP contribution in [0.25, 0.3) is 0 Å². The summed E-state index contributed by atoms with van der Waals surface area (Å²) in [6.07, 6.45) is 14.0. The monoisotopic (exact) mass is 419 g/mol. The molecule has 2 aromatic rings. The molecule has 31 heavy (non-hydrogen) atoms. The fourth-order valence-corrected chi connectivity index (χ4v) is 4.83. The molecule has 0 fully saturated rings. The van der Waals surface area contributed by atoms with E-state index >= 15 is 0 Å². The third-order valence-electron chi connectivity index (χ3n) is 6.60. The van der Waals surface area contributed by atoms with Gasteiger partial charge in [-0.25, -0.2) is 0 Å². The van der Waals surface area contributed by atoms with Gasteiger partial charge >= 0.3 is 0 Å². The fraction of sp³-hybridized carbons (Fsp3) is 0.552. The number of rotatable bonds is 14. The lowest BCUT2D eigenvalue weighted by atomic mass is 10.1. The Labute approximate surface area is 191 Å². The van der Waals surface area contributed by atoms with Gasteiger partial charge in [0, 0.05) is 0 Å². The van der Waals surface area contributed by atoms with Crippen molar-refractivity contribution in [3.63, 3.8) is 0 Å². The second-order valence-electron chi connectivity index (χ2n) is 9.28. The Balaban J connectivity index is 1.54. The summed E-state index contributed by atoms with van der Waals surface area (Å²) in [6, 6.07) is 22.5. The summed E-state index contributed by atoms with van der Waals surface area (Å²) >= 11 is 0. The molecule has 0 spiro atoms. The summed E-state index contributed by atoms with van der Waals surface area (Å²) in [5.74, 6) is 1.42. The Morgan fingerprint density at radius 1 is 0.742 bits per heavy atom. The third-order valence-corrected chi connectivity index (χ3v) is 6.60. The van der Waals surface area contributed by atoms with Crippen molar-refractivity contribution in [3.8, 4) is 0 Å². The van der Waals surface area contributed by atoms with Gasteiger partial charge in [-0.1, -0.05) is 107 Å². The van der Waals surface area contributed by atoms with E-state index in [4.69, 9.17) is 0 Å². The molecule has 1 heterocycles. The van der Waals surface area contributed by atoms with Crippen molar-refractivity contribution in [1.82, 2.24) is 4.90 Å². The number of nitrogens with zero attached hydrogens (tertiary/aromatic N) is 2. The molecule has 0 N–H and O–H groups in total. The maximum Gasteiger partial charge on any atom is 0.280 e. The highest BCUT2D eigenvalue weighted by Crippen LogP contribution is 2.20. The van der Waals surface area contributed by atoms with E-state index < -0.39 is 0 Å². The molecule has 0 saturated carbocycles. The molecule has 0 aromatic heterocycles. The van der Waals surface area contributed by atoms with E-state index in [2.05, 4.69) is 84.0 Å². The van der Waals surface area contributed by atoms with E-state index in [0.29, 0.717) is 6.04 Å². The second kappa shape index (κ2) is 13.3. The summed E-state index contributed by atoms with van der Waals surface area (Å²) in [7, 11) is 0. The minimum absolute atomic E-state index is 0.540. The molecule has 0 saturated heterocycles. The molecule has 3 rings (SSSR count). The Kier molecular flexibility index (Phi) is 10.2. The van der Waals surface area contributed by atoms with Gasteiger partial charge in [-0.05, 0) is 37.5 Å². The van der Waals surface area contributed by atoms with Crippen molar-refractivity contribution in [2.24, 2.45) is 0 Å². The normalized spacial score (nSPS) is 16.3. The number of unbranched alkanes of at least 4 members (excludes halogenated alkanes) is 9. The summed E-state index contributed by atoms with van der Waals surface area (Å²) in [5, 5.41) is 0. The average molecular weight is 420 g/mol. The number of hydrogen-bond acceptors (Lipinski definition) is 1. The van der Waals surface area contributed by atoms with E-state index in [0.717, 1.165) is 13.1 Å². The molecule has 1 atom stereocenters. The van der Waals surface area contributed by atoms with Crippen LogP contribution in [0, 0.1) is 0 Å². The number of hydrogen-bond donors (Lipinski definition) is 0. The van der Waals surface area contributed by atoms with Gasteiger partial charge in [0.05, 0.1) is 12.1 Å². The molecular formula is C29H43N2+. The second-order valence-corrected chi connectivity index (χ2v) is 9.28. The molecule has 0 amide bonds. The summed E-state index contributed by atoms with van der Waals surface area (Å²) in [5.41, 5.74) is 2.75. The highest BCUT2D eigenvalue weighted by molar-refractivity contribution is 5.95. The molecule has 1 unspecified atom stereocenters. The Hall–Kier alpha value is -2.09. The van der Waals surface area contributed by atoms with Gasteiger partial charge < -0.3 is 0 Å². The minimum Gasteiger partial charge on any atom is -0.257 e. The maximum absolute atomic E-state index is 2.65. The van der Waals surface area contributed by atoms with Crippen molar-refractivity contribution >= 4 is 5.84 Å². The van der Waals surface area contributed by atoms with Crippen LogP contribution in [0.4, 0.5) is 0 Å². The molecular weight excluding hydrogens is 376 g/mol. The van der Waals surface area contributed by atoms with Crippen molar-refractivity contribution in [2.75, 3.05) is 13.1 Å². The lowest BCUT2D eigenvalue weighted by Crippen LogP contribution is -2.35. The van der Waals surface area contributed by atoms with E-state index in [1.807, 2.05) is 0 Å². The van der Waals surface area contributed by atoms with Gasteiger partial charge in [0.15, 0.2) is 0 Å². The Bertz CT molecular complexity index is 766. The standard InChI is InChI=1S/C29H43N2/c1-3-4-5-6-7-8-9-10-11-18-23-30-24-26(2)31(25-27-19-14-12-15-20-27)29(30)28-21-16-13-17-22-28/h12-17,19-22,26H,3-11,18,23-25H2,1-2H3/q+1. The summed E-state index contributed by atoms with van der Waals surface area (Å²) < 4.78 is 2.65. The van der Waals surface area contributed by atoms with E-state index in [9.17, 15) is 0 Å². The molecule has 0 radical (unpaired) electrons. The van der Waals surface area contributed by atoms with Gasteiger partial charge in [-0.3, -0.25) is 9.48 Å². The predicted octanol–water partition coefficient (Wildman–Crippen LogP) is 7.27. The lowest BCUT2D eigenvalue weighted by Gasteiger charge is -2.18. The van der Waals surface area contributed by atoms with Crippen LogP contribution in [-0.2, 0) is 6.54 Å². The average Bonchev–Trinajstić information content (AvgIpc) is 3.11. The van der Waals surface area contributed by atoms with Crippen molar-refractivity contribution in [1.29, 1.82) is 0 Å². The first-order valence-electron chi connectivity index (χ1n) is 12.8. The topological polar surface area (TPSA) is 6.25 Å². The van der Waals surface area contributed by atoms with Crippen LogP contribution in [0.3, 0.4) is 0 Å². The molecule has 168 valence electrons. The fourth-order valence-electron chi connectivity index (χ4n) is 4.83. The summed E-state index contributed by atoms with van der Waals surface area (Å²) in [6.45, 7) is 7.97. The van der Waals surface area contributed by atoms with E-state index in [1.165, 1.54) is 87.7 Å². The third kappa shape index (κ3) is 7.52. The van der Waals surface area contributed by atoms with Crippen LogP contribution in [0.5, 0.6) is 0 Å². The Morgan fingerprint density at radius 2 is 1.29 bits per heavy atom. The number of benzene rings is 2. The molecule has 2 heteroatoms. The maximum atomic E-state index is 2.65. The quantitative estimate of drug-likeness (QED) is 0.230. The zero-order valence-electron chi connectivity index (χ0n) is 19.9. The molecule has 2 nitrogen and oxygen atoms in total. The highest BCUT2D eigenvalue weighted by atomic mass is 15.3. The van der Waals surface area contributed by atoms with Gasteiger partial charge in [0.1, 0.15) is 19.1 Å². The van der Waals surface area contributed by atoms with Crippen LogP contribution in [0.2, 0.25) is 0 Å². The van der Waals surface area contributed by atoms with E-state index in [1.54, 1.807) is 0 Å². The smallest absolute Gasteiger partial charge is 0.257 e. The van der Waals surface area contributed by atoms with Gasteiger partial charge in [0.2, 0.25) is 0 Å². The van der Waals surface area contributed by atoms with Crippen LogP contribution in [0.15, 0.2) is 60.7 Å². The molecule has 1 aliphatic rings. The molecule has 1 aliphatic heterocycles. The van der Waals surface area contributed by atoms with E-state index in [-0.39, 0.29) is 0 Å².